The molecule has 0 aromatic heterocycles. The van der Waals surface area contributed by atoms with Crippen LogP contribution in [0, 0.1) is 0 Å². The molecule has 1 N–H and O–H groups in total. The van der Waals surface area contributed by atoms with Gasteiger partial charge in [0.1, 0.15) is 17.1 Å². The van der Waals surface area contributed by atoms with Gasteiger partial charge in [0.25, 0.3) is 5.91 Å². The molecule has 0 aliphatic carbocycles. The summed E-state index contributed by atoms with van der Waals surface area (Å²) in [7, 11) is 1.56. The number of halogens is 1. The summed E-state index contributed by atoms with van der Waals surface area (Å²) >= 11 is 3.45. The molecule has 6 heteroatoms. The molecule has 23 heavy (non-hydrogen) atoms. The van der Waals surface area contributed by atoms with Crippen LogP contribution in [0.2, 0.25) is 0 Å². The van der Waals surface area contributed by atoms with Crippen molar-refractivity contribution in [2.75, 3.05) is 33.4 Å². The molecule has 5 nitrogen and oxygen atoms in total. The van der Waals surface area contributed by atoms with Gasteiger partial charge in [0, 0.05) is 12.6 Å². The smallest absolute Gasteiger partial charge is 0.258 e. The standard InChI is InChI=1S/C17H25BrN2O3/c1-4-20-10-6-7-12(20)11-19-17(21)15-14(22-3)9-8-13(18)16(15)23-5-2/h8-9,12H,4-7,10-11H2,1-3H3,(H,19,21)/t12-/m0/s1. The Hall–Kier alpha value is -1.27. The van der Waals surface area contributed by atoms with E-state index in [0.29, 0.717) is 36.3 Å². The first kappa shape index (κ1) is 18.1. The average Bonchev–Trinajstić information content (AvgIpc) is 3.02. The molecule has 1 heterocycles. The molecule has 1 fully saturated rings. The van der Waals surface area contributed by atoms with E-state index >= 15 is 0 Å². The summed E-state index contributed by atoms with van der Waals surface area (Å²) in [5, 5.41) is 3.04. The molecule has 1 aromatic carbocycles. The van der Waals surface area contributed by atoms with E-state index in [4.69, 9.17) is 9.47 Å². The summed E-state index contributed by atoms with van der Waals surface area (Å²) in [6, 6.07) is 4.02. The van der Waals surface area contributed by atoms with Crippen molar-refractivity contribution in [2.45, 2.75) is 32.7 Å². The molecule has 1 atom stereocenters. The van der Waals surface area contributed by atoms with Crippen LogP contribution in [0.5, 0.6) is 11.5 Å². The number of hydrogen-bond acceptors (Lipinski definition) is 4. The Morgan fingerprint density at radius 1 is 1.43 bits per heavy atom. The lowest BCUT2D eigenvalue weighted by molar-refractivity contribution is 0.0934. The lowest BCUT2D eigenvalue weighted by Gasteiger charge is -2.23. The highest BCUT2D eigenvalue weighted by Crippen LogP contribution is 2.35. The van der Waals surface area contributed by atoms with Gasteiger partial charge >= 0.3 is 0 Å². The number of amides is 1. The number of likely N-dealkylation sites (tertiary alicyclic amines) is 1. The molecule has 0 unspecified atom stereocenters. The van der Waals surface area contributed by atoms with E-state index in [9.17, 15) is 4.79 Å². The van der Waals surface area contributed by atoms with Crippen LogP contribution in [0.4, 0.5) is 0 Å². The van der Waals surface area contributed by atoms with Gasteiger partial charge in [-0.15, -0.1) is 0 Å². The van der Waals surface area contributed by atoms with Gasteiger partial charge in [-0.3, -0.25) is 9.69 Å². The minimum Gasteiger partial charge on any atom is -0.496 e. The van der Waals surface area contributed by atoms with Crippen molar-refractivity contribution in [3.05, 3.63) is 22.2 Å². The van der Waals surface area contributed by atoms with Gasteiger partial charge in [0.15, 0.2) is 0 Å². The summed E-state index contributed by atoms with van der Waals surface area (Å²) < 4.78 is 11.7. The third kappa shape index (κ3) is 4.18. The minimum atomic E-state index is -0.158. The second kappa shape index (κ2) is 8.55. The Morgan fingerprint density at radius 2 is 2.22 bits per heavy atom. The number of ether oxygens (including phenoxy) is 2. The number of likely N-dealkylation sites (N-methyl/N-ethyl adjacent to an activating group) is 1. The monoisotopic (exact) mass is 384 g/mol. The van der Waals surface area contributed by atoms with Crippen LogP contribution in [0.15, 0.2) is 16.6 Å². The summed E-state index contributed by atoms with van der Waals surface area (Å²) in [6.07, 6.45) is 2.32. The fourth-order valence-corrected chi connectivity index (χ4v) is 3.50. The molecule has 0 bridgehead atoms. The van der Waals surface area contributed by atoms with Crippen molar-refractivity contribution in [1.82, 2.24) is 10.2 Å². The van der Waals surface area contributed by atoms with E-state index in [2.05, 4.69) is 33.1 Å². The molecule has 0 radical (unpaired) electrons. The topological polar surface area (TPSA) is 50.8 Å². The number of benzene rings is 1. The highest BCUT2D eigenvalue weighted by Gasteiger charge is 2.26. The van der Waals surface area contributed by atoms with Gasteiger partial charge in [-0.05, 0) is 60.9 Å². The minimum absolute atomic E-state index is 0.158. The van der Waals surface area contributed by atoms with Crippen molar-refractivity contribution in [1.29, 1.82) is 0 Å². The Bertz CT molecular complexity index is 551. The molecule has 1 aliphatic heterocycles. The zero-order valence-corrected chi connectivity index (χ0v) is 15.6. The summed E-state index contributed by atoms with van der Waals surface area (Å²) in [5.74, 6) is 0.894. The number of hydrogen-bond donors (Lipinski definition) is 1. The quantitative estimate of drug-likeness (QED) is 0.784. The van der Waals surface area contributed by atoms with Gasteiger partial charge in [-0.25, -0.2) is 0 Å². The van der Waals surface area contributed by atoms with Crippen LogP contribution in [0.3, 0.4) is 0 Å². The van der Waals surface area contributed by atoms with Crippen molar-refractivity contribution >= 4 is 21.8 Å². The maximum Gasteiger partial charge on any atom is 0.258 e. The molecule has 0 spiro atoms. The number of carbonyl (C=O) groups excluding carboxylic acids is 1. The largest absolute Gasteiger partial charge is 0.496 e. The SMILES string of the molecule is CCOc1c(Br)ccc(OC)c1C(=O)NC[C@@H]1CCCN1CC. The predicted molar refractivity (Wildman–Crippen MR) is 94.5 cm³/mol. The van der Waals surface area contributed by atoms with Crippen LogP contribution >= 0.6 is 15.9 Å². The maximum atomic E-state index is 12.7. The second-order valence-corrected chi connectivity index (χ2v) is 6.38. The average molecular weight is 385 g/mol. The first-order valence-electron chi connectivity index (χ1n) is 8.13. The van der Waals surface area contributed by atoms with E-state index in [0.717, 1.165) is 24.0 Å². The molecule has 0 saturated carbocycles. The molecule has 1 saturated heterocycles. The Morgan fingerprint density at radius 3 is 2.87 bits per heavy atom. The Balaban J connectivity index is 2.16. The van der Waals surface area contributed by atoms with Gasteiger partial charge in [-0.2, -0.15) is 0 Å². The number of methoxy groups -OCH3 is 1. The molecule has 2 rings (SSSR count). The van der Waals surface area contributed by atoms with Gasteiger partial charge in [0.05, 0.1) is 18.2 Å². The highest BCUT2D eigenvalue weighted by atomic mass is 79.9. The summed E-state index contributed by atoms with van der Waals surface area (Å²) in [6.45, 7) is 7.31. The molecule has 128 valence electrons. The van der Waals surface area contributed by atoms with Crippen LogP contribution < -0.4 is 14.8 Å². The van der Waals surface area contributed by atoms with Crippen molar-refractivity contribution in [2.24, 2.45) is 0 Å². The Kier molecular flexibility index (Phi) is 6.72. The zero-order chi connectivity index (χ0) is 16.8. The lowest BCUT2D eigenvalue weighted by Crippen LogP contribution is -2.40. The van der Waals surface area contributed by atoms with E-state index in [-0.39, 0.29) is 5.91 Å². The van der Waals surface area contributed by atoms with Gasteiger partial charge in [-0.1, -0.05) is 6.92 Å². The van der Waals surface area contributed by atoms with Crippen LogP contribution in [-0.4, -0.2) is 50.2 Å². The number of carbonyl (C=O) groups is 1. The van der Waals surface area contributed by atoms with Gasteiger partial charge in [0.2, 0.25) is 0 Å². The van der Waals surface area contributed by atoms with E-state index in [1.54, 1.807) is 13.2 Å². The molecule has 1 aliphatic rings. The van der Waals surface area contributed by atoms with Crippen LogP contribution in [-0.2, 0) is 0 Å². The fraction of sp³-hybridized carbons (Fsp3) is 0.588. The lowest BCUT2D eigenvalue weighted by atomic mass is 10.1. The second-order valence-electron chi connectivity index (χ2n) is 5.52. The zero-order valence-electron chi connectivity index (χ0n) is 14.0. The Labute approximate surface area is 146 Å². The molecular formula is C17H25BrN2O3. The normalized spacial score (nSPS) is 18.0. The number of rotatable bonds is 7. The van der Waals surface area contributed by atoms with Crippen LogP contribution in [0.25, 0.3) is 0 Å². The molecule has 1 amide bonds. The fourth-order valence-electron chi connectivity index (χ4n) is 3.05. The first-order chi connectivity index (χ1) is 11.1. The third-order valence-corrected chi connectivity index (χ3v) is 4.84. The summed E-state index contributed by atoms with van der Waals surface area (Å²) in [5.41, 5.74) is 0.449. The highest BCUT2D eigenvalue weighted by molar-refractivity contribution is 9.10. The van der Waals surface area contributed by atoms with E-state index in [1.165, 1.54) is 6.42 Å². The van der Waals surface area contributed by atoms with Crippen molar-refractivity contribution < 1.29 is 14.3 Å². The molecular weight excluding hydrogens is 360 g/mol. The maximum absolute atomic E-state index is 12.7. The molecule has 1 aromatic rings. The third-order valence-electron chi connectivity index (χ3n) is 4.21. The van der Waals surface area contributed by atoms with Crippen molar-refractivity contribution in [3.63, 3.8) is 0 Å². The number of nitrogens with zero attached hydrogens (tertiary/aromatic N) is 1. The van der Waals surface area contributed by atoms with Crippen LogP contribution in [0.1, 0.15) is 37.0 Å². The van der Waals surface area contributed by atoms with Gasteiger partial charge < -0.3 is 14.8 Å². The summed E-state index contributed by atoms with van der Waals surface area (Å²) in [4.78, 5) is 15.1. The predicted octanol–water partition coefficient (Wildman–Crippen LogP) is 3.07. The van der Waals surface area contributed by atoms with Crippen molar-refractivity contribution in [3.8, 4) is 11.5 Å². The van der Waals surface area contributed by atoms with E-state index in [1.807, 2.05) is 13.0 Å². The number of nitrogens with one attached hydrogen (secondary N) is 1. The first-order valence-corrected chi connectivity index (χ1v) is 8.93. The van der Waals surface area contributed by atoms with E-state index < -0.39 is 0 Å².